The maximum absolute atomic E-state index is 13.4. The van der Waals surface area contributed by atoms with Crippen LogP contribution in [0.1, 0.15) is 12.0 Å². The maximum Gasteiger partial charge on any atom is 0.390 e. The summed E-state index contributed by atoms with van der Waals surface area (Å²) in [6.07, 6.45) is -5.11. The first-order chi connectivity index (χ1) is 7.92. The molecular formula is C11H13F4NO. The van der Waals surface area contributed by atoms with E-state index < -0.39 is 18.4 Å². The van der Waals surface area contributed by atoms with Crippen molar-refractivity contribution in [1.82, 2.24) is 5.32 Å². The van der Waals surface area contributed by atoms with Gasteiger partial charge >= 0.3 is 6.18 Å². The molecule has 1 aromatic rings. The summed E-state index contributed by atoms with van der Waals surface area (Å²) in [7, 11) is 1.41. The number of halogens is 4. The summed E-state index contributed by atoms with van der Waals surface area (Å²) >= 11 is 0. The zero-order valence-electron chi connectivity index (χ0n) is 9.27. The van der Waals surface area contributed by atoms with Gasteiger partial charge in [0.2, 0.25) is 0 Å². The van der Waals surface area contributed by atoms with Crippen molar-refractivity contribution in [2.24, 2.45) is 0 Å². The monoisotopic (exact) mass is 251 g/mol. The molecule has 0 aliphatic carbocycles. The molecule has 0 saturated carbocycles. The highest BCUT2D eigenvalue weighted by Gasteiger charge is 2.25. The molecule has 0 bridgehead atoms. The lowest BCUT2D eigenvalue weighted by molar-refractivity contribution is -0.133. The van der Waals surface area contributed by atoms with E-state index in [1.807, 2.05) is 0 Å². The summed E-state index contributed by atoms with van der Waals surface area (Å²) in [6, 6.07) is 4.24. The van der Waals surface area contributed by atoms with Crippen LogP contribution in [-0.4, -0.2) is 19.8 Å². The number of hydrogen-bond donors (Lipinski definition) is 1. The molecule has 2 nitrogen and oxygen atoms in total. The van der Waals surface area contributed by atoms with Crippen LogP contribution in [0.15, 0.2) is 18.2 Å². The zero-order chi connectivity index (χ0) is 12.9. The fourth-order valence-electron chi connectivity index (χ4n) is 1.25. The van der Waals surface area contributed by atoms with Gasteiger partial charge in [-0.1, -0.05) is 6.07 Å². The van der Waals surface area contributed by atoms with Crippen molar-refractivity contribution < 1.29 is 22.3 Å². The van der Waals surface area contributed by atoms with E-state index in [0.29, 0.717) is 11.3 Å². The fourth-order valence-corrected chi connectivity index (χ4v) is 1.25. The van der Waals surface area contributed by atoms with Gasteiger partial charge in [0.05, 0.1) is 13.5 Å². The van der Waals surface area contributed by atoms with E-state index in [1.165, 1.54) is 19.2 Å². The predicted octanol–water partition coefficient (Wildman–Crippen LogP) is 2.88. The van der Waals surface area contributed by atoms with E-state index in [-0.39, 0.29) is 13.1 Å². The summed E-state index contributed by atoms with van der Waals surface area (Å²) in [4.78, 5) is 0. The van der Waals surface area contributed by atoms with Crippen molar-refractivity contribution in [3.05, 3.63) is 29.6 Å². The Kier molecular flexibility index (Phi) is 4.74. The van der Waals surface area contributed by atoms with Crippen LogP contribution < -0.4 is 10.1 Å². The SMILES string of the molecule is COc1ccc(CNCCC(F)(F)F)c(F)c1. The number of ether oxygens (including phenoxy) is 1. The van der Waals surface area contributed by atoms with Gasteiger partial charge in [-0.25, -0.2) is 4.39 Å². The molecule has 0 heterocycles. The first kappa shape index (κ1) is 13.8. The molecule has 96 valence electrons. The molecule has 0 aromatic heterocycles. The third-order valence-corrected chi connectivity index (χ3v) is 2.16. The molecule has 0 saturated heterocycles. The Morgan fingerprint density at radius 2 is 2.00 bits per heavy atom. The van der Waals surface area contributed by atoms with Gasteiger partial charge in [0.25, 0.3) is 0 Å². The van der Waals surface area contributed by atoms with E-state index in [4.69, 9.17) is 4.74 Å². The number of nitrogens with one attached hydrogen (secondary N) is 1. The van der Waals surface area contributed by atoms with Crippen LogP contribution in [0, 0.1) is 5.82 Å². The summed E-state index contributed by atoms with van der Waals surface area (Å²) in [5, 5.41) is 2.54. The zero-order valence-corrected chi connectivity index (χ0v) is 9.27. The van der Waals surface area contributed by atoms with Gasteiger partial charge in [-0.15, -0.1) is 0 Å². The minimum absolute atomic E-state index is 0.0614. The van der Waals surface area contributed by atoms with Crippen LogP contribution in [-0.2, 0) is 6.54 Å². The van der Waals surface area contributed by atoms with Gasteiger partial charge in [-0.2, -0.15) is 13.2 Å². The lowest BCUT2D eigenvalue weighted by Crippen LogP contribution is -2.21. The van der Waals surface area contributed by atoms with Crippen LogP contribution in [0.5, 0.6) is 5.75 Å². The van der Waals surface area contributed by atoms with Gasteiger partial charge in [-0.3, -0.25) is 0 Å². The number of methoxy groups -OCH3 is 1. The molecule has 17 heavy (non-hydrogen) atoms. The van der Waals surface area contributed by atoms with Gasteiger partial charge in [-0.05, 0) is 6.07 Å². The van der Waals surface area contributed by atoms with E-state index in [1.54, 1.807) is 6.07 Å². The molecule has 6 heteroatoms. The topological polar surface area (TPSA) is 21.3 Å². The van der Waals surface area contributed by atoms with E-state index >= 15 is 0 Å². The molecule has 1 N–H and O–H groups in total. The number of hydrogen-bond acceptors (Lipinski definition) is 2. The van der Waals surface area contributed by atoms with E-state index in [0.717, 1.165) is 0 Å². The van der Waals surface area contributed by atoms with Gasteiger partial charge in [0.1, 0.15) is 11.6 Å². The largest absolute Gasteiger partial charge is 0.497 e. The van der Waals surface area contributed by atoms with Crippen molar-refractivity contribution in [2.75, 3.05) is 13.7 Å². The van der Waals surface area contributed by atoms with Crippen LogP contribution >= 0.6 is 0 Å². The molecule has 0 spiro atoms. The van der Waals surface area contributed by atoms with Crippen LogP contribution in [0.3, 0.4) is 0 Å². The fraction of sp³-hybridized carbons (Fsp3) is 0.455. The lowest BCUT2D eigenvalue weighted by Gasteiger charge is -2.09. The third-order valence-electron chi connectivity index (χ3n) is 2.16. The molecule has 1 aromatic carbocycles. The highest BCUT2D eigenvalue weighted by Crippen LogP contribution is 2.19. The number of alkyl halides is 3. The minimum Gasteiger partial charge on any atom is -0.497 e. The van der Waals surface area contributed by atoms with Crippen LogP contribution in [0.4, 0.5) is 17.6 Å². The highest BCUT2D eigenvalue weighted by atomic mass is 19.4. The van der Waals surface area contributed by atoms with Crippen molar-refractivity contribution >= 4 is 0 Å². The average Bonchev–Trinajstić information content (AvgIpc) is 2.24. The van der Waals surface area contributed by atoms with Gasteiger partial charge in [0.15, 0.2) is 0 Å². The molecule has 0 radical (unpaired) electrons. The average molecular weight is 251 g/mol. The van der Waals surface area contributed by atoms with Crippen molar-refractivity contribution in [3.63, 3.8) is 0 Å². The standard InChI is InChI=1S/C11H13F4NO/c1-17-9-3-2-8(10(12)6-9)7-16-5-4-11(13,14)15/h2-3,6,16H,4-5,7H2,1H3. The smallest absolute Gasteiger partial charge is 0.390 e. The number of rotatable bonds is 5. The second-order valence-electron chi connectivity index (χ2n) is 3.50. The molecule has 0 atom stereocenters. The number of benzene rings is 1. The predicted molar refractivity (Wildman–Crippen MR) is 55.3 cm³/mol. The Labute approximate surface area is 96.6 Å². The van der Waals surface area contributed by atoms with Crippen LogP contribution in [0.25, 0.3) is 0 Å². The minimum atomic E-state index is -4.19. The second-order valence-corrected chi connectivity index (χ2v) is 3.50. The molecule has 0 aliphatic heterocycles. The molecule has 0 unspecified atom stereocenters. The van der Waals surface area contributed by atoms with E-state index in [9.17, 15) is 17.6 Å². The first-order valence-electron chi connectivity index (χ1n) is 5.02. The van der Waals surface area contributed by atoms with Crippen LogP contribution in [0.2, 0.25) is 0 Å². The summed E-state index contributed by atoms with van der Waals surface area (Å²) in [5.41, 5.74) is 0.313. The summed E-state index contributed by atoms with van der Waals surface area (Å²) in [6.45, 7) is -0.166. The summed E-state index contributed by atoms with van der Waals surface area (Å²) < 4.78 is 53.7. The van der Waals surface area contributed by atoms with Crippen molar-refractivity contribution in [2.45, 2.75) is 19.1 Å². The highest BCUT2D eigenvalue weighted by molar-refractivity contribution is 5.28. The molecule has 0 fully saturated rings. The van der Waals surface area contributed by atoms with Gasteiger partial charge in [0, 0.05) is 24.7 Å². The Morgan fingerprint density at radius 3 is 2.53 bits per heavy atom. The van der Waals surface area contributed by atoms with E-state index in [2.05, 4.69) is 5.32 Å². The normalized spacial score (nSPS) is 11.6. The Hall–Kier alpha value is -1.30. The Morgan fingerprint density at radius 1 is 1.29 bits per heavy atom. The first-order valence-corrected chi connectivity index (χ1v) is 5.02. The molecule has 1 rings (SSSR count). The lowest BCUT2D eigenvalue weighted by atomic mass is 10.2. The summed E-state index contributed by atoms with van der Waals surface area (Å²) in [5.74, 6) is -0.120. The molecule has 0 aliphatic rings. The van der Waals surface area contributed by atoms with Crippen molar-refractivity contribution in [3.8, 4) is 5.75 Å². The molecular weight excluding hydrogens is 238 g/mol. The van der Waals surface area contributed by atoms with Gasteiger partial charge < -0.3 is 10.1 Å². The quantitative estimate of drug-likeness (QED) is 0.641. The Bertz CT molecular complexity index is 365. The Balaban J connectivity index is 2.42. The van der Waals surface area contributed by atoms with Crippen molar-refractivity contribution in [1.29, 1.82) is 0 Å². The third kappa shape index (κ3) is 5.04. The molecule has 0 amide bonds. The maximum atomic E-state index is 13.4. The second kappa shape index (κ2) is 5.86.